The standard InChI is InChI=1S/C16H16Cl2FN/c1-11(12-3-6-15(19)7-4-12)20-9-8-13-2-5-14(17)10-16(13)18/h2-7,10-11,20H,8-9H2,1H3. The molecule has 0 bridgehead atoms. The van der Waals surface area contributed by atoms with Crippen LogP contribution in [-0.2, 0) is 6.42 Å². The normalized spacial score (nSPS) is 12.4. The maximum atomic E-state index is 12.9. The largest absolute Gasteiger partial charge is 0.310 e. The molecule has 4 heteroatoms. The highest BCUT2D eigenvalue weighted by Gasteiger charge is 2.06. The molecule has 0 fully saturated rings. The molecular weight excluding hydrogens is 296 g/mol. The molecule has 0 aromatic heterocycles. The SMILES string of the molecule is CC(NCCc1ccc(Cl)cc1Cl)c1ccc(F)cc1. The molecule has 0 aliphatic carbocycles. The predicted molar refractivity (Wildman–Crippen MR) is 83.0 cm³/mol. The first-order valence-electron chi connectivity index (χ1n) is 6.49. The van der Waals surface area contributed by atoms with E-state index in [9.17, 15) is 4.39 Å². The molecule has 1 N–H and O–H groups in total. The lowest BCUT2D eigenvalue weighted by molar-refractivity contribution is 0.573. The first-order chi connectivity index (χ1) is 9.56. The molecule has 0 heterocycles. The lowest BCUT2D eigenvalue weighted by Crippen LogP contribution is -2.21. The molecule has 0 aliphatic rings. The van der Waals surface area contributed by atoms with E-state index in [0.717, 1.165) is 24.1 Å². The lowest BCUT2D eigenvalue weighted by Gasteiger charge is -2.14. The molecule has 20 heavy (non-hydrogen) atoms. The van der Waals surface area contributed by atoms with Crippen molar-refractivity contribution in [2.24, 2.45) is 0 Å². The van der Waals surface area contributed by atoms with Crippen molar-refractivity contribution in [2.75, 3.05) is 6.54 Å². The van der Waals surface area contributed by atoms with E-state index in [1.807, 2.05) is 12.1 Å². The Hall–Kier alpha value is -1.09. The van der Waals surface area contributed by atoms with Crippen molar-refractivity contribution in [1.29, 1.82) is 0 Å². The number of hydrogen-bond acceptors (Lipinski definition) is 1. The second-order valence-electron chi connectivity index (χ2n) is 4.71. The van der Waals surface area contributed by atoms with Crippen LogP contribution in [0.1, 0.15) is 24.1 Å². The van der Waals surface area contributed by atoms with Gasteiger partial charge in [-0.15, -0.1) is 0 Å². The summed E-state index contributed by atoms with van der Waals surface area (Å²) in [6.45, 7) is 2.84. The van der Waals surface area contributed by atoms with Gasteiger partial charge in [0.05, 0.1) is 0 Å². The third kappa shape index (κ3) is 4.20. The predicted octanol–water partition coefficient (Wildman–Crippen LogP) is 5.03. The van der Waals surface area contributed by atoms with Crippen LogP contribution >= 0.6 is 23.2 Å². The summed E-state index contributed by atoms with van der Waals surface area (Å²) >= 11 is 12.0. The monoisotopic (exact) mass is 311 g/mol. The molecule has 2 aromatic carbocycles. The van der Waals surface area contributed by atoms with Crippen LogP contribution in [0.4, 0.5) is 4.39 Å². The quantitative estimate of drug-likeness (QED) is 0.817. The van der Waals surface area contributed by atoms with E-state index >= 15 is 0 Å². The van der Waals surface area contributed by atoms with Gasteiger partial charge in [-0.05, 0) is 55.3 Å². The zero-order valence-electron chi connectivity index (χ0n) is 11.2. The summed E-state index contributed by atoms with van der Waals surface area (Å²) in [5.41, 5.74) is 2.13. The summed E-state index contributed by atoms with van der Waals surface area (Å²) in [6.07, 6.45) is 0.821. The average molecular weight is 312 g/mol. The van der Waals surface area contributed by atoms with Crippen LogP contribution in [0.15, 0.2) is 42.5 Å². The molecular formula is C16H16Cl2FN. The van der Waals surface area contributed by atoms with Crippen LogP contribution in [0.2, 0.25) is 10.0 Å². The highest BCUT2D eigenvalue weighted by Crippen LogP contribution is 2.21. The topological polar surface area (TPSA) is 12.0 Å². The van der Waals surface area contributed by atoms with E-state index in [2.05, 4.69) is 12.2 Å². The van der Waals surface area contributed by atoms with Crippen molar-refractivity contribution in [3.05, 3.63) is 69.5 Å². The minimum Gasteiger partial charge on any atom is -0.310 e. The van der Waals surface area contributed by atoms with Gasteiger partial charge in [0.25, 0.3) is 0 Å². The molecule has 1 unspecified atom stereocenters. The van der Waals surface area contributed by atoms with Crippen LogP contribution < -0.4 is 5.32 Å². The van der Waals surface area contributed by atoms with Gasteiger partial charge in [0.1, 0.15) is 5.82 Å². The van der Waals surface area contributed by atoms with Crippen LogP contribution in [0.5, 0.6) is 0 Å². The molecule has 0 saturated heterocycles. The molecule has 2 rings (SSSR count). The van der Waals surface area contributed by atoms with E-state index in [1.54, 1.807) is 18.2 Å². The summed E-state index contributed by atoms with van der Waals surface area (Å²) < 4.78 is 12.9. The van der Waals surface area contributed by atoms with Crippen molar-refractivity contribution in [2.45, 2.75) is 19.4 Å². The van der Waals surface area contributed by atoms with E-state index in [4.69, 9.17) is 23.2 Å². The van der Waals surface area contributed by atoms with Crippen molar-refractivity contribution < 1.29 is 4.39 Å². The van der Waals surface area contributed by atoms with Gasteiger partial charge in [-0.2, -0.15) is 0 Å². The Kier molecular flexibility index (Phi) is 5.41. The van der Waals surface area contributed by atoms with Gasteiger partial charge in [0, 0.05) is 16.1 Å². The molecule has 2 aromatic rings. The van der Waals surface area contributed by atoms with Gasteiger partial charge < -0.3 is 5.32 Å². The third-order valence-corrected chi connectivity index (χ3v) is 3.82. The van der Waals surface area contributed by atoms with Crippen molar-refractivity contribution in [3.8, 4) is 0 Å². The van der Waals surface area contributed by atoms with Crippen LogP contribution in [-0.4, -0.2) is 6.54 Å². The van der Waals surface area contributed by atoms with Gasteiger partial charge in [-0.1, -0.05) is 41.4 Å². The molecule has 0 amide bonds. The molecule has 0 aliphatic heterocycles. The van der Waals surface area contributed by atoms with E-state index in [0.29, 0.717) is 10.0 Å². The number of nitrogens with one attached hydrogen (secondary N) is 1. The number of halogens is 3. The maximum Gasteiger partial charge on any atom is 0.123 e. The van der Waals surface area contributed by atoms with E-state index in [-0.39, 0.29) is 11.9 Å². The van der Waals surface area contributed by atoms with E-state index < -0.39 is 0 Å². The fraction of sp³-hybridized carbons (Fsp3) is 0.250. The van der Waals surface area contributed by atoms with Crippen molar-refractivity contribution >= 4 is 23.2 Å². The zero-order valence-corrected chi connectivity index (χ0v) is 12.7. The maximum absolute atomic E-state index is 12.9. The van der Waals surface area contributed by atoms with Gasteiger partial charge in [-0.3, -0.25) is 0 Å². The molecule has 1 atom stereocenters. The second-order valence-corrected chi connectivity index (χ2v) is 5.56. The zero-order chi connectivity index (χ0) is 14.5. The average Bonchev–Trinajstić information content (AvgIpc) is 2.42. The van der Waals surface area contributed by atoms with Gasteiger partial charge in [-0.25, -0.2) is 4.39 Å². The fourth-order valence-corrected chi connectivity index (χ4v) is 2.52. The highest BCUT2D eigenvalue weighted by atomic mass is 35.5. The minimum absolute atomic E-state index is 0.168. The summed E-state index contributed by atoms with van der Waals surface area (Å²) in [7, 11) is 0. The molecule has 0 radical (unpaired) electrons. The van der Waals surface area contributed by atoms with E-state index in [1.165, 1.54) is 12.1 Å². The minimum atomic E-state index is -0.214. The smallest absolute Gasteiger partial charge is 0.123 e. The molecule has 106 valence electrons. The van der Waals surface area contributed by atoms with Crippen molar-refractivity contribution in [1.82, 2.24) is 5.32 Å². The van der Waals surface area contributed by atoms with Gasteiger partial charge >= 0.3 is 0 Å². The molecule has 0 spiro atoms. The Bertz CT molecular complexity index is 569. The Balaban J connectivity index is 1.87. The Morgan fingerprint density at radius 1 is 1.10 bits per heavy atom. The summed E-state index contributed by atoms with van der Waals surface area (Å²) in [4.78, 5) is 0. The van der Waals surface area contributed by atoms with Crippen molar-refractivity contribution in [3.63, 3.8) is 0 Å². The molecule has 0 saturated carbocycles. The fourth-order valence-electron chi connectivity index (χ4n) is 2.02. The summed E-state index contributed by atoms with van der Waals surface area (Å²) in [5, 5.41) is 4.73. The molecule has 1 nitrogen and oxygen atoms in total. The third-order valence-electron chi connectivity index (χ3n) is 3.23. The number of hydrogen-bond donors (Lipinski definition) is 1. The van der Waals surface area contributed by atoms with Gasteiger partial charge in [0.2, 0.25) is 0 Å². The Labute approximate surface area is 128 Å². The Morgan fingerprint density at radius 2 is 1.80 bits per heavy atom. The first kappa shape index (κ1) is 15.3. The van der Waals surface area contributed by atoms with Crippen LogP contribution in [0, 0.1) is 5.82 Å². The lowest BCUT2D eigenvalue weighted by atomic mass is 10.1. The summed E-state index contributed by atoms with van der Waals surface area (Å²) in [5.74, 6) is -0.214. The van der Waals surface area contributed by atoms with Gasteiger partial charge in [0.15, 0.2) is 0 Å². The number of benzene rings is 2. The summed E-state index contributed by atoms with van der Waals surface area (Å²) in [6, 6.07) is 12.2. The number of rotatable bonds is 5. The highest BCUT2D eigenvalue weighted by molar-refractivity contribution is 6.35. The van der Waals surface area contributed by atoms with Crippen LogP contribution in [0.3, 0.4) is 0 Å². The van der Waals surface area contributed by atoms with Crippen LogP contribution in [0.25, 0.3) is 0 Å². The second kappa shape index (κ2) is 7.07. The Morgan fingerprint density at radius 3 is 2.45 bits per heavy atom. The first-order valence-corrected chi connectivity index (χ1v) is 7.24.